The lowest BCUT2D eigenvalue weighted by Gasteiger charge is -2.17. The van der Waals surface area contributed by atoms with Gasteiger partial charge in [-0.05, 0) is 31.4 Å². The van der Waals surface area contributed by atoms with Crippen LogP contribution in [0.1, 0.15) is 41.5 Å². The van der Waals surface area contributed by atoms with Crippen molar-refractivity contribution in [3.63, 3.8) is 0 Å². The molecule has 1 aliphatic rings. The molecule has 1 aromatic carbocycles. The van der Waals surface area contributed by atoms with Crippen LogP contribution in [0.3, 0.4) is 0 Å². The molecule has 2 unspecified atom stereocenters. The van der Waals surface area contributed by atoms with Crippen LogP contribution in [-0.2, 0) is 11.8 Å². The van der Waals surface area contributed by atoms with Gasteiger partial charge in [0.15, 0.2) is 0 Å². The maximum absolute atomic E-state index is 14.0. The van der Waals surface area contributed by atoms with Gasteiger partial charge in [-0.1, -0.05) is 6.07 Å². The molecule has 2 aromatic heterocycles. The van der Waals surface area contributed by atoms with Crippen molar-refractivity contribution in [3.8, 4) is 10.6 Å². The van der Waals surface area contributed by atoms with Crippen molar-refractivity contribution in [3.05, 3.63) is 52.8 Å². The van der Waals surface area contributed by atoms with Gasteiger partial charge >= 0.3 is 0 Å². The van der Waals surface area contributed by atoms with Crippen molar-refractivity contribution in [2.24, 2.45) is 7.05 Å². The molecule has 0 saturated carbocycles. The quantitative estimate of drug-likeness (QED) is 0.646. The Morgan fingerprint density at radius 2 is 2.07 bits per heavy atom. The van der Waals surface area contributed by atoms with Crippen LogP contribution in [0.4, 0.5) is 18.9 Å². The number of benzene rings is 1. The van der Waals surface area contributed by atoms with Crippen LogP contribution >= 0.6 is 11.3 Å². The van der Waals surface area contributed by atoms with Gasteiger partial charge in [-0.2, -0.15) is 5.10 Å². The molecule has 1 N–H and O–H groups in total. The second-order valence-electron chi connectivity index (χ2n) is 7.01. The molecule has 30 heavy (non-hydrogen) atoms. The number of alkyl halides is 1. The first-order chi connectivity index (χ1) is 14.4. The van der Waals surface area contributed by atoms with Crippen LogP contribution in [0.15, 0.2) is 29.8 Å². The number of anilines is 1. The normalized spacial score (nSPS) is 19.5. The summed E-state index contributed by atoms with van der Waals surface area (Å²) in [4.78, 5) is 16.8. The van der Waals surface area contributed by atoms with Gasteiger partial charge < -0.3 is 10.1 Å². The lowest BCUT2D eigenvalue weighted by molar-refractivity contribution is 0.0265. The maximum Gasteiger partial charge on any atom is 0.275 e. The molecular formula is C20H19F3N4O2S. The Hall–Kier alpha value is -2.72. The first-order valence-corrected chi connectivity index (χ1v) is 10.3. The van der Waals surface area contributed by atoms with E-state index in [1.54, 1.807) is 11.7 Å². The van der Waals surface area contributed by atoms with Gasteiger partial charge in [0.25, 0.3) is 5.91 Å². The van der Waals surface area contributed by atoms with E-state index in [4.69, 9.17) is 4.74 Å². The second-order valence-corrected chi connectivity index (χ2v) is 7.86. The fourth-order valence-electron chi connectivity index (χ4n) is 3.43. The molecule has 10 heteroatoms. The number of nitrogens with zero attached hydrogens (tertiary/aromatic N) is 3. The highest BCUT2D eigenvalue weighted by molar-refractivity contribution is 7.13. The number of hydrogen-bond donors (Lipinski definition) is 1. The van der Waals surface area contributed by atoms with E-state index in [0.29, 0.717) is 30.6 Å². The van der Waals surface area contributed by atoms with Crippen molar-refractivity contribution in [1.29, 1.82) is 0 Å². The van der Waals surface area contributed by atoms with Gasteiger partial charge in [0.1, 0.15) is 34.6 Å². The van der Waals surface area contributed by atoms with E-state index in [9.17, 15) is 18.0 Å². The largest absolute Gasteiger partial charge is 0.369 e. The third-order valence-electron chi connectivity index (χ3n) is 4.91. The lowest BCUT2D eigenvalue weighted by atomic mass is 10.1. The molecule has 2 atom stereocenters. The van der Waals surface area contributed by atoms with Crippen LogP contribution in [0, 0.1) is 11.6 Å². The number of carbonyl (C=O) groups is 1. The van der Waals surface area contributed by atoms with Gasteiger partial charge in [-0.25, -0.2) is 18.2 Å². The Kier molecular flexibility index (Phi) is 5.87. The van der Waals surface area contributed by atoms with Crippen LogP contribution in [0.5, 0.6) is 0 Å². The molecule has 1 aliphatic heterocycles. The highest BCUT2D eigenvalue weighted by atomic mass is 32.1. The molecular weight excluding hydrogens is 417 g/mol. The van der Waals surface area contributed by atoms with Gasteiger partial charge in [0, 0.05) is 12.4 Å². The highest BCUT2D eigenvalue weighted by Gasteiger charge is 2.26. The number of amides is 1. The summed E-state index contributed by atoms with van der Waals surface area (Å²) in [6.45, 7) is -0.00706. The summed E-state index contributed by atoms with van der Waals surface area (Å²) in [5.74, 6) is -2.04. The van der Waals surface area contributed by atoms with E-state index in [-0.39, 0.29) is 22.9 Å². The summed E-state index contributed by atoms with van der Waals surface area (Å²) in [5, 5.41) is 8.41. The predicted molar refractivity (Wildman–Crippen MR) is 106 cm³/mol. The third kappa shape index (κ3) is 4.10. The zero-order valence-electron chi connectivity index (χ0n) is 16.1. The van der Waals surface area contributed by atoms with Crippen LogP contribution in [-0.4, -0.2) is 33.5 Å². The Morgan fingerprint density at radius 1 is 1.30 bits per heavy atom. The van der Waals surface area contributed by atoms with Crippen molar-refractivity contribution < 1.29 is 22.7 Å². The van der Waals surface area contributed by atoms with E-state index in [0.717, 1.165) is 23.5 Å². The second kappa shape index (κ2) is 8.57. The van der Waals surface area contributed by atoms with Crippen molar-refractivity contribution in [2.75, 3.05) is 11.9 Å². The Morgan fingerprint density at radius 3 is 2.83 bits per heavy atom. The molecule has 0 spiro atoms. The Bertz CT molecular complexity index is 1050. The lowest BCUT2D eigenvalue weighted by Crippen LogP contribution is -2.17. The number of ether oxygens (including phenoxy) is 1. The topological polar surface area (TPSA) is 69.0 Å². The molecule has 158 valence electrons. The molecule has 0 bridgehead atoms. The summed E-state index contributed by atoms with van der Waals surface area (Å²) in [6, 6.07) is 3.53. The average molecular weight is 436 g/mol. The minimum absolute atomic E-state index is 0.00706. The van der Waals surface area contributed by atoms with Gasteiger partial charge in [0.05, 0.1) is 29.7 Å². The number of rotatable bonds is 4. The van der Waals surface area contributed by atoms with E-state index in [1.807, 2.05) is 0 Å². The molecule has 1 saturated heterocycles. The van der Waals surface area contributed by atoms with Gasteiger partial charge in [-0.3, -0.25) is 9.48 Å². The van der Waals surface area contributed by atoms with E-state index in [1.165, 1.54) is 17.6 Å². The minimum atomic E-state index is -1.01. The summed E-state index contributed by atoms with van der Waals surface area (Å²) < 4.78 is 48.8. The van der Waals surface area contributed by atoms with E-state index >= 15 is 0 Å². The Balaban J connectivity index is 1.55. The minimum Gasteiger partial charge on any atom is -0.369 e. The molecule has 1 amide bonds. The monoisotopic (exact) mass is 436 g/mol. The number of halogens is 3. The first kappa shape index (κ1) is 20.5. The third-order valence-corrected chi connectivity index (χ3v) is 5.77. The summed E-state index contributed by atoms with van der Waals surface area (Å²) >= 11 is 0.971. The summed E-state index contributed by atoms with van der Waals surface area (Å²) in [7, 11) is 1.72. The molecule has 3 heterocycles. The van der Waals surface area contributed by atoms with Gasteiger partial charge in [-0.15, -0.1) is 11.3 Å². The standard InChI is InChI=1S/C20H19F3N4O2S/c1-27-18(16-7-2-4-11(21)9-29-16)14(8-24-27)25-19(28)15-10-30-20(26-15)17-12(22)5-3-6-13(17)23/h3,5-6,8,10-11,16H,2,4,7,9H2,1H3,(H,25,28). The number of thiazole rings is 1. The van der Waals surface area contributed by atoms with Crippen molar-refractivity contribution in [2.45, 2.75) is 31.5 Å². The fraction of sp³-hybridized carbons (Fsp3) is 0.350. The molecule has 4 rings (SSSR count). The number of carbonyl (C=O) groups excluding carboxylic acids is 1. The van der Waals surface area contributed by atoms with Crippen molar-refractivity contribution in [1.82, 2.24) is 14.8 Å². The molecule has 6 nitrogen and oxygen atoms in total. The number of aromatic nitrogens is 3. The van der Waals surface area contributed by atoms with Crippen molar-refractivity contribution >= 4 is 22.9 Å². The predicted octanol–water partition coefficient (Wildman–Crippen LogP) is 4.65. The maximum atomic E-state index is 14.0. The van der Waals surface area contributed by atoms with Gasteiger partial charge in [0.2, 0.25) is 0 Å². The SMILES string of the molecule is Cn1ncc(NC(=O)c2csc(-c3c(F)cccc3F)n2)c1C1CCCC(F)CO1. The first-order valence-electron chi connectivity index (χ1n) is 9.43. The molecule has 3 aromatic rings. The number of hydrogen-bond acceptors (Lipinski definition) is 5. The zero-order valence-corrected chi connectivity index (χ0v) is 16.9. The van der Waals surface area contributed by atoms with Crippen LogP contribution < -0.4 is 5.32 Å². The van der Waals surface area contributed by atoms with Crippen LogP contribution in [0.25, 0.3) is 10.6 Å². The number of aryl methyl sites for hydroxylation is 1. The average Bonchev–Trinajstić information content (AvgIpc) is 3.26. The molecule has 0 radical (unpaired) electrons. The highest BCUT2D eigenvalue weighted by Crippen LogP contribution is 2.33. The fourth-order valence-corrected chi connectivity index (χ4v) is 4.28. The van der Waals surface area contributed by atoms with Crippen LogP contribution in [0.2, 0.25) is 0 Å². The summed E-state index contributed by atoms with van der Waals surface area (Å²) in [5.41, 5.74) is 0.818. The molecule has 1 fully saturated rings. The zero-order chi connectivity index (χ0) is 21.3. The smallest absolute Gasteiger partial charge is 0.275 e. The Labute approximate surface area is 174 Å². The summed E-state index contributed by atoms with van der Waals surface area (Å²) in [6.07, 6.45) is 1.78. The van der Waals surface area contributed by atoms with E-state index in [2.05, 4.69) is 15.4 Å². The van der Waals surface area contributed by atoms with E-state index < -0.39 is 29.8 Å². The number of nitrogens with one attached hydrogen (secondary N) is 1. The molecule has 0 aliphatic carbocycles.